The van der Waals surface area contributed by atoms with Crippen LogP contribution in [0.15, 0.2) is 60.7 Å². The Morgan fingerprint density at radius 3 is 2.32 bits per heavy atom. The van der Waals surface area contributed by atoms with E-state index in [2.05, 4.69) is 25.5 Å². The average Bonchev–Trinajstić information content (AvgIpc) is 3.25. The van der Waals surface area contributed by atoms with Crippen molar-refractivity contribution < 1.29 is 4.79 Å². The van der Waals surface area contributed by atoms with E-state index >= 15 is 0 Å². The molecule has 28 heavy (non-hydrogen) atoms. The molecule has 2 heterocycles. The first-order valence-corrected chi connectivity index (χ1v) is 9.51. The zero-order valence-corrected chi connectivity index (χ0v) is 15.9. The van der Waals surface area contributed by atoms with Gasteiger partial charge in [-0.3, -0.25) is 4.79 Å². The van der Waals surface area contributed by atoms with Crippen LogP contribution in [0.5, 0.6) is 0 Å². The molecule has 0 aliphatic carbocycles. The molecule has 3 aromatic rings. The Labute approximate surface area is 164 Å². The lowest BCUT2D eigenvalue weighted by molar-refractivity contribution is 0.102. The molecule has 0 saturated carbocycles. The van der Waals surface area contributed by atoms with E-state index in [-0.39, 0.29) is 5.91 Å². The predicted molar refractivity (Wildman–Crippen MR) is 112 cm³/mol. The molecule has 0 spiro atoms. The minimum atomic E-state index is -0.122. The van der Waals surface area contributed by atoms with E-state index in [0.717, 1.165) is 41.9 Å². The molecular weight excluding hydrogens is 350 g/mol. The molecule has 6 nitrogen and oxygen atoms in total. The fourth-order valence-electron chi connectivity index (χ4n) is 3.30. The van der Waals surface area contributed by atoms with Crippen LogP contribution in [0.3, 0.4) is 0 Å². The number of rotatable bonds is 5. The van der Waals surface area contributed by atoms with Gasteiger partial charge in [0.1, 0.15) is 17.5 Å². The lowest BCUT2D eigenvalue weighted by Gasteiger charge is -2.18. The van der Waals surface area contributed by atoms with Gasteiger partial charge in [0.25, 0.3) is 5.91 Å². The maximum Gasteiger partial charge on any atom is 0.255 e. The maximum atomic E-state index is 12.2. The highest BCUT2D eigenvalue weighted by atomic mass is 16.1. The van der Waals surface area contributed by atoms with Crippen LogP contribution in [-0.2, 0) is 0 Å². The zero-order valence-electron chi connectivity index (χ0n) is 15.9. The van der Waals surface area contributed by atoms with Gasteiger partial charge >= 0.3 is 0 Å². The van der Waals surface area contributed by atoms with E-state index in [0.29, 0.717) is 5.56 Å². The van der Waals surface area contributed by atoms with Gasteiger partial charge in [-0.05, 0) is 56.2 Å². The van der Waals surface area contributed by atoms with E-state index in [4.69, 9.17) is 0 Å². The Kier molecular flexibility index (Phi) is 5.19. The molecule has 1 amide bonds. The molecule has 0 atom stereocenters. The number of anilines is 4. The average molecular weight is 373 g/mol. The summed E-state index contributed by atoms with van der Waals surface area (Å²) in [7, 11) is 0. The second-order valence-corrected chi connectivity index (χ2v) is 6.88. The van der Waals surface area contributed by atoms with Gasteiger partial charge in [-0.1, -0.05) is 18.2 Å². The van der Waals surface area contributed by atoms with Crippen molar-refractivity contribution >= 4 is 28.9 Å². The molecule has 0 radical (unpaired) electrons. The standard InChI is InChI=1S/C22H23N5O/c1-16-23-20(15-21(24-16)27-13-5-6-14-27)25-18-9-11-19(12-10-18)26-22(28)17-7-3-2-4-8-17/h2-4,7-12,15H,5-6,13-14H2,1H3,(H,26,28)(H,23,24,25). The Balaban J connectivity index is 1.44. The summed E-state index contributed by atoms with van der Waals surface area (Å²) in [4.78, 5) is 23.6. The number of nitrogens with one attached hydrogen (secondary N) is 2. The highest BCUT2D eigenvalue weighted by Gasteiger charge is 2.15. The molecule has 2 aromatic carbocycles. The molecule has 6 heteroatoms. The van der Waals surface area contributed by atoms with Crippen LogP contribution in [0, 0.1) is 6.92 Å². The Bertz CT molecular complexity index is 950. The van der Waals surface area contributed by atoms with E-state index in [1.54, 1.807) is 12.1 Å². The molecule has 1 aliphatic heterocycles. The van der Waals surface area contributed by atoms with Crippen molar-refractivity contribution in [3.63, 3.8) is 0 Å². The van der Waals surface area contributed by atoms with Crippen molar-refractivity contribution in [3.05, 3.63) is 72.1 Å². The number of amides is 1. The molecule has 2 N–H and O–H groups in total. The first-order chi connectivity index (χ1) is 13.7. The number of nitrogens with zero attached hydrogens (tertiary/aromatic N) is 3. The van der Waals surface area contributed by atoms with Crippen LogP contribution >= 0.6 is 0 Å². The molecule has 142 valence electrons. The first-order valence-electron chi connectivity index (χ1n) is 9.51. The van der Waals surface area contributed by atoms with Crippen molar-refractivity contribution in [1.82, 2.24) is 9.97 Å². The second-order valence-electron chi connectivity index (χ2n) is 6.88. The summed E-state index contributed by atoms with van der Waals surface area (Å²) < 4.78 is 0. The second kappa shape index (κ2) is 8.08. The zero-order chi connectivity index (χ0) is 19.3. The summed E-state index contributed by atoms with van der Waals surface area (Å²) in [5.74, 6) is 2.37. The minimum Gasteiger partial charge on any atom is -0.356 e. The van der Waals surface area contributed by atoms with Crippen molar-refractivity contribution in [2.24, 2.45) is 0 Å². The SMILES string of the molecule is Cc1nc(Nc2ccc(NC(=O)c3ccccc3)cc2)cc(N2CCCC2)n1. The van der Waals surface area contributed by atoms with E-state index < -0.39 is 0 Å². The van der Waals surface area contributed by atoms with Gasteiger partial charge in [0.15, 0.2) is 0 Å². The molecule has 0 bridgehead atoms. The summed E-state index contributed by atoms with van der Waals surface area (Å²) in [5, 5.41) is 6.24. The van der Waals surface area contributed by atoms with E-state index in [1.165, 1.54) is 12.8 Å². The van der Waals surface area contributed by atoms with Crippen LogP contribution < -0.4 is 15.5 Å². The number of carbonyl (C=O) groups is 1. The van der Waals surface area contributed by atoms with E-state index in [1.807, 2.05) is 55.5 Å². The summed E-state index contributed by atoms with van der Waals surface area (Å²) in [6.45, 7) is 4.00. The van der Waals surface area contributed by atoms with E-state index in [9.17, 15) is 4.79 Å². The highest BCUT2D eigenvalue weighted by Crippen LogP contribution is 2.23. The molecule has 0 unspecified atom stereocenters. The van der Waals surface area contributed by atoms with Gasteiger partial charge < -0.3 is 15.5 Å². The molecule has 1 fully saturated rings. The Morgan fingerprint density at radius 1 is 0.929 bits per heavy atom. The van der Waals surface area contributed by atoms with Crippen LogP contribution in [0.2, 0.25) is 0 Å². The number of aryl methyl sites for hydroxylation is 1. The van der Waals surface area contributed by atoms with Crippen molar-refractivity contribution in [2.75, 3.05) is 28.6 Å². The fourth-order valence-corrected chi connectivity index (χ4v) is 3.30. The largest absolute Gasteiger partial charge is 0.356 e. The Hall–Kier alpha value is -3.41. The van der Waals surface area contributed by atoms with Crippen molar-refractivity contribution in [3.8, 4) is 0 Å². The summed E-state index contributed by atoms with van der Waals surface area (Å²) >= 11 is 0. The molecule has 1 saturated heterocycles. The number of carbonyl (C=O) groups excluding carboxylic acids is 1. The third kappa shape index (κ3) is 4.28. The van der Waals surface area contributed by atoms with Gasteiger partial charge in [0.2, 0.25) is 0 Å². The molecule has 1 aliphatic rings. The smallest absolute Gasteiger partial charge is 0.255 e. The lowest BCUT2D eigenvalue weighted by atomic mass is 10.2. The van der Waals surface area contributed by atoms with Crippen LogP contribution in [0.4, 0.5) is 23.0 Å². The lowest BCUT2D eigenvalue weighted by Crippen LogP contribution is -2.19. The van der Waals surface area contributed by atoms with Gasteiger partial charge in [-0.25, -0.2) is 9.97 Å². The fraction of sp³-hybridized carbons (Fsp3) is 0.227. The molecule has 4 rings (SSSR count). The quantitative estimate of drug-likeness (QED) is 0.694. The minimum absolute atomic E-state index is 0.122. The monoisotopic (exact) mass is 373 g/mol. The van der Waals surface area contributed by atoms with Gasteiger partial charge in [0, 0.05) is 36.1 Å². The van der Waals surface area contributed by atoms with Crippen LogP contribution in [0.25, 0.3) is 0 Å². The van der Waals surface area contributed by atoms with Crippen molar-refractivity contribution in [1.29, 1.82) is 0 Å². The predicted octanol–water partition coefficient (Wildman–Crippen LogP) is 4.38. The third-order valence-electron chi connectivity index (χ3n) is 4.71. The van der Waals surface area contributed by atoms with Crippen LogP contribution in [-0.4, -0.2) is 29.0 Å². The number of hydrogen-bond acceptors (Lipinski definition) is 5. The molecular formula is C22H23N5O. The number of aromatic nitrogens is 2. The third-order valence-corrected chi connectivity index (χ3v) is 4.71. The summed E-state index contributed by atoms with van der Waals surface area (Å²) in [6, 6.07) is 18.8. The van der Waals surface area contributed by atoms with Gasteiger partial charge in [-0.2, -0.15) is 0 Å². The summed E-state index contributed by atoms with van der Waals surface area (Å²) in [5.41, 5.74) is 2.29. The topological polar surface area (TPSA) is 70.2 Å². The Morgan fingerprint density at radius 2 is 1.61 bits per heavy atom. The highest BCUT2D eigenvalue weighted by molar-refractivity contribution is 6.04. The normalized spacial score (nSPS) is 13.4. The molecule has 1 aromatic heterocycles. The van der Waals surface area contributed by atoms with Crippen molar-refractivity contribution in [2.45, 2.75) is 19.8 Å². The summed E-state index contributed by atoms with van der Waals surface area (Å²) in [6.07, 6.45) is 2.42. The van der Waals surface area contributed by atoms with Crippen LogP contribution in [0.1, 0.15) is 29.0 Å². The maximum absolute atomic E-state index is 12.2. The van der Waals surface area contributed by atoms with Gasteiger partial charge in [-0.15, -0.1) is 0 Å². The first kappa shape index (κ1) is 18.0. The number of benzene rings is 2. The van der Waals surface area contributed by atoms with Gasteiger partial charge in [0.05, 0.1) is 0 Å². The number of hydrogen-bond donors (Lipinski definition) is 2.